The fraction of sp³-hybridized carbons (Fsp3) is 0.600. The summed E-state index contributed by atoms with van der Waals surface area (Å²) in [6.07, 6.45) is 2.92. The minimum Gasteiger partial charge on any atom is -0.355 e. The summed E-state index contributed by atoms with van der Waals surface area (Å²) in [5.74, 6) is -1.36. The fourth-order valence-corrected chi connectivity index (χ4v) is 8.55. The monoisotopic (exact) mass is 838 g/mol. The molecule has 4 heterocycles. The highest BCUT2D eigenvalue weighted by molar-refractivity contribution is 7.80. The molecule has 6 rings (SSSR count). The molecule has 2 aromatic rings. The molecule has 2 unspecified atom stereocenters. The quantitative estimate of drug-likeness (QED) is 0.0573. The Morgan fingerprint density at radius 1 is 0.500 bits per heavy atom. The molecule has 0 radical (unpaired) electrons. The predicted molar refractivity (Wildman–Crippen MR) is 229 cm³/mol. The smallest absolute Gasteiger partial charge is 0.261 e. The number of amides is 6. The molecular formula is C40H58N10O6S2. The molecule has 6 N–H and O–H groups in total. The number of hydrogen-bond acceptors (Lipinski definition) is 14. The lowest BCUT2D eigenvalue weighted by atomic mass is 9.86. The molecule has 2 fully saturated rings. The SMILES string of the molecule is NC(CS)C(=O)NCCCN1CCN(CCCN2C(=O)c3ccc4c5c(ccc(c35)C2=O)C(=O)N(CCCN2CCN(CCCNC(=O)C(N)CS)CC2)C4=O)CC1. The van der Waals surface area contributed by atoms with Crippen LogP contribution in [0.3, 0.4) is 0 Å². The summed E-state index contributed by atoms with van der Waals surface area (Å²) in [6, 6.07) is 5.33. The summed E-state index contributed by atoms with van der Waals surface area (Å²) in [5, 5.41) is 6.49. The summed E-state index contributed by atoms with van der Waals surface area (Å²) in [5.41, 5.74) is 12.7. The molecule has 0 saturated carbocycles. The number of thiol groups is 2. The molecule has 58 heavy (non-hydrogen) atoms. The van der Waals surface area contributed by atoms with Crippen molar-refractivity contribution < 1.29 is 28.8 Å². The van der Waals surface area contributed by atoms with E-state index in [2.05, 4.69) is 55.5 Å². The lowest BCUT2D eigenvalue weighted by Crippen LogP contribution is -2.48. The summed E-state index contributed by atoms with van der Waals surface area (Å²) in [6.45, 7) is 12.0. The molecule has 16 nitrogen and oxygen atoms in total. The van der Waals surface area contributed by atoms with Crippen LogP contribution in [0.4, 0.5) is 0 Å². The van der Waals surface area contributed by atoms with Gasteiger partial charge < -0.3 is 41.7 Å². The molecule has 4 aliphatic rings. The van der Waals surface area contributed by atoms with E-state index in [0.717, 1.165) is 91.4 Å². The third-order valence-electron chi connectivity index (χ3n) is 11.7. The van der Waals surface area contributed by atoms with Crippen LogP contribution in [0.15, 0.2) is 24.3 Å². The predicted octanol–water partition coefficient (Wildman–Crippen LogP) is -0.426. The van der Waals surface area contributed by atoms with Crippen LogP contribution in [-0.2, 0) is 9.59 Å². The molecule has 6 amide bonds. The number of carbonyl (C=O) groups excluding carboxylic acids is 6. The molecular weight excluding hydrogens is 781 g/mol. The van der Waals surface area contributed by atoms with Crippen LogP contribution in [0.25, 0.3) is 10.8 Å². The first kappa shape index (κ1) is 43.9. The third-order valence-corrected chi connectivity index (χ3v) is 12.5. The minimum absolute atomic E-state index is 0.180. The lowest BCUT2D eigenvalue weighted by molar-refractivity contribution is -0.122. The molecule has 2 atom stereocenters. The number of benzene rings is 2. The van der Waals surface area contributed by atoms with Gasteiger partial charge in [0.2, 0.25) is 11.8 Å². The third kappa shape index (κ3) is 10.2. The molecule has 0 aliphatic carbocycles. The maximum atomic E-state index is 13.8. The van der Waals surface area contributed by atoms with Gasteiger partial charge in [0, 0.05) is 123 Å². The van der Waals surface area contributed by atoms with E-state index in [1.165, 1.54) is 9.80 Å². The van der Waals surface area contributed by atoms with Crippen molar-refractivity contribution in [3.8, 4) is 0 Å². The number of nitrogens with one attached hydrogen (secondary N) is 2. The zero-order chi connectivity index (χ0) is 41.3. The van der Waals surface area contributed by atoms with Crippen LogP contribution in [-0.4, -0.2) is 193 Å². The van der Waals surface area contributed by atoms with Crippen molar-refractivity contribution in [3.05, 3.63) is 46.5 Å². The van der Waals surface area contributed by atoms with Crippen LogP contribution in [0, 0.1) is 0 Å². The Balaban J connectivity index is 0.950. The topological polar surface area (TPSA) is 198 Å². The van der Waals surface area contributed by atoms with E-state index in [1.807, 2.05) is 0 Å². The number of carbonyl (C=O) groups is 6. The van der Waals surface area contributed by atoms with Gasteiger partial charge in [-0.2, -0.15) is 25.3 Å². The minimum atomic E-state index is -0.592. The average Bonchev–Trinajstić information content (AvgIpc) is 3.24. The van der Waals surface area contributed by atoms with Crippen LogP contribution < -0.4 is 22.1 Å². The molecule has 2 saturated heterocycles. The van der Waals surface area contributed by atoms with Crippen molar-refractivity contribution in [2.75, 3.05) is 116 Å². The van der Waals surface area contributed by atoms with Crippen molar-refractivity contribution >= 4 is 71.5 Å². The number of imide groups is 2. The van der Waals surface area contributed by atoms with Gasteiger partial charge >= 0.3 is 0 Å². The van der Waals surface area contributed by atoms with Gasteiger partial charge in [0.1, 0.15) is 0 Å². The second kappa shape index (κ2) is 20.6. The van der Waals surface area contributed by atoms with Crippen molar-refractivity contribution in [3.63, 3.8) is 0 Å². The van der Waals surface area contributed by atoms with Gasteiger partial charge in [0.05, 0.1) is 12.1 Å². The van der Waals surface area contributed by atoms with E-state index in [1.54, 1.807) is 24.3 Å². The van der Waals surface area contributed by atoms with Crippen LogP contribution in [0.2, 0.25) is 0 Å². The van der Waals surface area contributed by atoms with E-state index < -0.39 is 35.7 Å². The van der Waals surface area contributed by atoms with E-state index in [-0.39, 0.29) is 24.9 Å². The number of nitrogens with zero attached hydrogens (tertiary/aromatic N) is 6. The Kier molecular flexibility index (Phi) is 15.6. The lowest BCUT2D eigenvalue weighted by Gasteiger charge is -2.36. The van der Waals surface area contributed by atoms with Crippen molar-refractivity contribution in [2.24, 2.45) is 11.5 Å². The number of hydrogen-bond donors (Lipinski definition) is 6. The molecule has 0 bridgehead atoms. The highest BCUT2D eigenvalue weighted by Crippen LogP contribution is 2.38. The zero-order valence-corrected chi connectivity index (χ0v) is 35.0. The first-order valence-corrected chi connectivity index (χ1v) is 21.8. The van der Waals surface area contributed by atoms with Crippen LogP contribution in [0.5, 0.6) is 0 Å². The Morgan fingerprint density at radius 2 is 0.776 bits per heavy atom. The van der Waals surface area contributed by atoms with Gasteiger partial charge in [-0.15, -0.1) is 0 Å². The summed E-state index contributed by atoms with van der Waals surface area (Å²) in [7, 11) is 0. The van der Waals surface area contributed by atoms with E-state index in [4.69, 9.17) is 11.5 Å². The van der Waals surface area contributed by atoms with Gasteiger partial charge in [0.25, 0.3) is 23.6 Å². The number of piperazine rings is 2. The molecule has 2 aromatic carbocycles. The van der Waals surface area contributed by atoms with Crippen molar-refractivity contribution in [1.82, 2.24) is 40.0 Å². The van der Waals surface area contributed by atoms with E-state index >= 15 is 0 Å². The summed E-state index contributed by atoms with van der Waals surface area (Å²) in [4.78, 5) is 90.8. The molecule has 316 valence electrons. The zero-order valence-electron chi connectivity index (χ0n) is 33.2. The molecule has 18 heteroatoms. The van der Waals surface area contributed by atoms with Gasteiger partial charge in [-0.05, 0) is 76.1 Å². The molecule has 4 aliphatic heterocycles. The summed E-state index contributed by atoms with van der Waals surface area (Å²) < 4.78 is 0. The largest absolute Gasteiger partial charge is 0.355 e. The standard InChI is InChI=1S/C40H58N10O6S2/c41-31(25-57)35(51)43-9-1-11-45-17-21-47(22-18-45)13-3-15-49-37(53)27-5-7-29-34-30(8-6-28(33(27)34)38(49)54)40(56)50(39(29)55)16-4-14-48-23-19-46(20-24-48)12-2-10-44-36(52)32(42)26-58/h5-8,31-32,57-58H,1-4,9-26,41-42H2,(H,43,51)(H,44,52). The Labute approximate surface area is 351 Å². The fourth-order valence-electron chi connectivity index (χ4n) is 8.22. The number of nitrogens with two attached hydrogens (primary N) is 2. The molecule has 0 spiro atoms. The van der Waals surface area contributed by atoms with Crippen LogP contribution in [0.1, 0.15) is 67.1 Å². The summed E-state index contributed by atoms with van der Waals surface area (Å²) >= 11 is 8.12. The molecule has 0 aromatic heterocycles. The van der Waals surface area contributed by atoms with E-state index in [0.29, 0.717) is 70.5 Å². The van der Waals surface area contributed by atoms with E-state index in [9.17, 15) is 28.8 Å². The second-order valence-electron chi connectivity index (χ2n) is 15.5. The maximum Gasteiger partial charge on any atom is 0.261 e. The van der Waals surface area contributed by atoms with Gasteiger partial charge in [-0.25, -0.2) is 0 Å². The number of rotatable bonds is 20. The maximum absolute atomic E-state index is 13.8. The van der Waals surface area contributed by atoms with Crippen molar-refractivity contribution in [2.45, 2.75) is 37.8 Å². The normalized spacial score (nSPS) is 19.2. The van der Waals surface area contributed by atoms with Crippen LogP contribution >= 0.6 is 25.3 Å². The Bertz CT molecular complexity index is 1650. The average molecular weight is 839 g/mol. The first-order valence-electron chi connectivity index (χ1n) is 20.5. The highest BCUT2D eigenvalue weighted by Gasteiger charge is 2.39. The Hall–Kier alpha value is -3.62. The first-order chi connectivity index (χ1) is 28.0. The second-order valence-corrected chi connectivity index (χ2v) is 16.3. The van der Waals surface area contributed by atoms with Gasteiger partial charge in [-0.3, -0.25) is 38.6 Å². The van der Waals surface area contributed by atoms with Gasteiger partial charge in [0.15, 0.2) is 0 Å². The van der Waals surface area contributed by atoms with Gasteiger partial charge in [-0.1, -0.05) is 0 Å². The Morgan fingerprint density at radius 3 is 1.05 bits per heavy atom. The highest BCUT2D eigenvalue weighted by atomic mass is 32.1. The van der Waals surface area contributed by atoms with Crippen molar-refractivity contribution in [1.29, 1.82) is 0 Å².